The average Bonchev–Trinajstić information content (AvgIpc) is 2.38. The lowest BCUT2D eigenvalue weighted by molar-refractivity contribution is 1.27. The number of hydrogen-bond donors (Lipinski definition) is 0. The van der Waals surface area contributed by atoms with Crippen molar-refractivity contribution in [1.29, 1.82) is 0 Å². The first-order chi connectivity index (χ1) is 7.47. The van der Waals surface area contributed by atoms with Gasteiger partial charge in [0.05, 0.1) is 13.8 Å². The van der Waals surface area contributed by atoms with Crippen molar-refractivity contribution >= 4 is 31.8 Å². The number of allylic oxidation sites excluding steroid dienone is 2. The zero-order valence-corrected chi connectivity index (χ0v) is 11.6. The van der Waals surface area contributed by atoms with E-state index in [1.807, 2.05) is 12.1 Å². The second-order valence-corrected chi connectivity index (χ2v) is 11.0. The molecule has 0 spiro atoms. The summed E-state index contributed by atoms with van der Waals surface area (Å²) in [5, 5.41) is 0.559. The molecule has 0 N–H and O–H groups in total. The van der Waals surface area contributed by atoms with Crippen molar-refractivity contribution in [2.75, 3.05) is 0 Å². The van der Waals surface area contributed by atoms with Crippen LogP contribution < -0.4 is 0 Å². The van der Waals surface area contributed by atoms with E-state index in [2.05, 4.69) is 48.9 Å². The third-order valence-corrected chi connectivity index (χ3v) is 5.46. The Labute approximate surface area is 103 Å². The lowest BCUT2D eigenvalue weighted by atomic mass is 10.2. The van der Waals surface area contributed by atoms with Crippen LogP contribution in [-0.2, 0) is 0 Å². The first-order valence-corrected chi connectivity index (χ1v) is 9.45. The molecule has 0 aliphatic heterocycles. The van der Waals surface area contributed by atoms with E-state index in [0.29, 0.717) is 10.7 Å². The number of nitrogens with zero attached hydrogens (tertiary/aromatic N) is 1. The van der Waals surface area contributed by atoms with Crippen molar-refractivity contribution < 1.29 is 0 Å². The van der Waals surface area contributed by atoms with Crippen LogP contribution in [0.3, 0.4) is 0 Å². The van der Waals surface area contributed by atoms with E-state index in [-0.39, 0.29) is 0 Å². The molecule has 16 heavy (non-hydrogen) atoms. The molecule has 1 aromatic heterocycles. The van der Waals surface area contributed by atoms with Gasteiger partial charge in [-0.05, 0) is 29.3 Å². The van der Waals surface area contributed by atoms with Crippen molar-refractivity contribution in [3.8, 4) is 0 Å². The highest BCUT2D eigenvalue weighted by Gasteiger charge is 2.23. The predicted octanol–water partition coefficient (Wildman–Crippen LogP) is 4.48. The van der Waals surface area contributed by atoms with Crippen LogP contribution in [0.15, 0.2) is 24.3 Å². The zero-order chi connectivity index (χ0) is 11.8. The average molecular weight is 250 g/mol. The lowest BCUT2D eigenvalue weighted by Crippen LogP contribution is -2.25. The molecule has 1 aliphatic carbocycles. The summed E-state index contributed by atoms with van der Waals surface area (Å²) in [4.78, 5) is 4.33. The van der Waals surface area contributed by atoms with Crippen molar-refractivity contribution in [2.45, 2.75) is 25.2 Å². The number of halogens is 1. The Bertz CT molecular complexity index is 457. The number of aromatic nitrogens is 1. The quantitative estimate of drug-likeness (QED) is 0.528. The van der Waals surface area contributed by atoms with Gasteiger partial charge in [-0.25, -0.2) is 4.98 Å². The van der Waals surface area contributed by atoms with E-state index < -0.39 is 8.07 Å². The zero-order valence-electron chi connectivity index (χ0n) is 9.87. The highest BCUT2D eigenvalue weighted by Crippen LogP contribution is 2.30. The van der Waals surface area contributed by atoms with E-state index in [1.165, 1.54) is 0 Å². The first-order valence-electron chi connectivity index (χ1n) is 5.50. The van der Waals surface area contributed by atoms with Crippen molar-refractivity contribution in [3.63, 3.8) is 0 Å². The Balaban J connectivity index is 2.41. The van der Waals surface area contributed by atoms with Crippen LogP contribution in [0.5, 0.6) is 0 Å². The normalized spacial score (nSPS) is 19.4. The van der Waals surface area contributed by atoms with Gasteiger partial charge in [-0.1, -0.05) is 49.5 Å². The Kier molecular flexibility index (Phi) is 3.04. The summed E-state index contributed by atoms with van der Waals surface area (Å²) in [6, 6.07) is 3.87. The number of hydrogen-bond acceptors (Lipinski definition) is 1. The molecule has 0 saturated carbocycles. The molecule has 1 heterocycles. The second-order valence-electron chi connectivity index (χ2n) is 5.22. The summed E-state index contributed by atoms with van der Waals surface area (Å²) in [5.74, 6) is 0. The van der Waals surface area contributed by atoms with Crippen LogP contribution >= 0.6 is 11.6 Å². The van der Waals surface area contributed by atoms with Crippen LogP contribution in [0.4, 0.5) is 0 Å². The summed E-state index contributed by atoms with van der Waals surface area (Å²) < 4.78 is 0. The monoisotopic (exact) mass is 249 g/mol. The summed E-state index contributed by atoms with van der Waals surface area (Å²) in [6.45, 7) is 7.13. The van der Waals surface area contributed by atoms with Gasteiger partial charge in [0.25, 0.3) is 0 Å². The fourth-order valence-electron chi connectivity index (χ4n) is 1.78. The summed E-state index contributed by atoms with van der Waals surface area (Å²) >= 11 is 5.90. The van der Waals surface area contributed by atoms with E-state index in [9.17, 15) is 0 Å². The van der Waals surface area contributed by atoms with Crippen LogP contribution in [0.25, 0.3) is 12.2 Å². The molecule has 84 valence electrons. The Hall–Kier alpha value is -0.863. The largest absolute Gasteiger partial charge is 0.236 e. The number of fused-ring (bicyclic) bond motifs is 1. The standard InChI is InChI=1S/C13H16ClNSi/c1-16(2,3)11-6-4-10-5-9-13(14)15-12(10)8-7-11/h4-9,11H,1-3H3. The molecule has 0 saturated heterocycles. The molecule has 0 amide bonds. The highest BCUT2D eigenvalue weighted by molar-refractivity contribution is 6.78. The smallest absolute Gasteiger partial charge is 0.129 e. The van der Waals surface area contributed by atoms with E-state index in [0.717, 1.165) is 11.3 Å². The van der Waals surface area contributed by atoms with Gasteiger partial charge in [-0.2, -0.15) is 0 Å². The minimum atomic E-state index is -1.18. The van der Waals surface area contributed by atoms with E-state index >= 15 is 0 Å². The molecular weight excluding hydrogens is 234 g/mol. The minimum absolute atomic E-state index is 0.559. The number of rotatable bonds is 1. The molecule has 0 bridgehead atoms. The third kappa shape index (κ3) is 2.44. The molecule has 0 radical (unpaired) electrons. The predicted molar refractivity (Wildman–Crippen MR) is 74.4 cm³/mol. The summed E-state index contributed by atoms with van der Waals surface area (Å²) in [7, 11) is -1.18. The molecule has 1 atom stereocenters. The molecule has 0 aromatic carbocycles. The van der Waals surface area contributed by atoms with Gasteiger partial charge in [0.15, 0.2) is 0 Å². The van der Waals surface area contributed by atoms with E-state index in [1.54, 1.807) is 0 Å². The third-order valence-electron chi connectivity index (χ3n) is 2.87. The van der Waals surface area contributed by atoms with Crippen LogP contribution in [0.2, 0.25) is 30.3 Å². The molecule has 1 nitrogen and oxygen atoms in total. The summed E-state index contributed by atoms with van der Waals surface area (Å²) in [6.07, 6.45) is 8.83. The minimum Gasteiger partial charge on any atom is -0.236 e. The lowest BCUT2D eigenvalue weighted by Gasteiger charge is -2.22. The second kappa shape index (κ2) is 4.19. The topological polar surface area (TPSA) is 12.9 Å². The maximum atomic E-state index is 5.90. The maximum Gasteiger partial charge on any atom is 0.129 e. The molecular formula is C13H16ClNSi. The SMILES string of the molecule is C[Si](C)(C)C1C=Cc2ccc(Cl)nc2C=C1. The molecule has 1 aromatic rings. The van der Waals surface area contributed by atoms with Gasteiger partial charge >= 0.3 is 0 Å². The van der Waals surface area contributed by atoms with E-state index in [4.69, 9.17) is 11.6 Å². The molecule has 3 heteroatoms. The van der Waals surface area contributed by atoms with Crippen molar-refractivity contribution in [1.82, 2.24) is 4.98 Å². The Morgan fingerprint density at radius 1 is 1.12 bits per heavy atom. The first kappa shape index (κ1) is 11.6. The Morgan fingerprint density at radius 3 is 2.50 bits per heavy atom. The van der Waals surface area contributed by atoms with Gasteiger partial charge in [-0.3, -0.25) is 0 Å². The highest BCUT2D eigenvalue weighted by atomic mass is 35.5. The van der Waals surface area contributed by atoms with Crippen LogP contribution in [0.1, 0.15) is 11.3 Å². The Morgan fingerprint density at radius 2 is 1.81 bits per heavy atom. The van der Waals surface area contributed by atoms with Crippen molar-refractivity contribution in [3.05, 3.63) is 40.7 Å². The van der Waals surface area contributed by atoms with Gasteiger partial charge in [0.2, 0.25) is 0 Å². The molecule has 1 unspecified atom stereocenters. The van der Waals surface area contributed by atoms with Crippen molar-refractivity contribution in [2.24, 2.45) is 0 Å². The molecule has 0 fully saturated rings. The van der Waals surface area contributed by atoms with Crippen LogP contribution in [0, 0.1) is 0 Å². The molecule has 1 aliphatic rings. The number of pyridine rings is 1. The maximum absolute atomic E-state index is 5.90. The van der Waals surface area contributed by atoms with Gasteiger partial charge in [0, 0.05) is 0 Å². The van der Waals surface area contributed by atoms with Gasteiger partial charge in [0.1, 0.15) is 5.15 Å². The fourth-order valence-corrected chi connectivity index (χ4v) is 3.28. The van der Waals surface area contributed by atoms with Crippen LogP contribution in [-0.4, -0.2) is 13.1 Å². The molecule has 2 rings (SSSR count). The fraction of sp³-hybridized carbons (Fsp3) is 0.308. The van der Waals surface area contributed by atoms with Gasteiger partial charge in [-0.15, -0.1) is 0 Å². The van der Waals surface area contributed by atoms with Gasteiger partial charge < -0.3 is 0 Å². The summed E-state index contributed by atoms with van der Waals surface area (Å²) in [5.41, 5.74) is 2.70.